The highest BCUT2D eigenvalue weighted by molar-refractivity contribution is 5.41. The van der Waals surface area contributed by atoms with E-state index < -0.39 is 0 Å². The fourth-order valence-corrected chi connectivity index (χ4v) is 2.11. The minimum absolute atomic E-state index is 0.341. The van der Waals surface area contributed by atoms with Crippen LogP contribution in [0.15, 0.2) is 41.1 Å². The van der Waals surface area contributed by atoms with E-state index in [1.165, 1.54) is 5.56 Å². The molecule has 0 aliphatic carbocycles. The van der Waals surface area contributed by atoms with Gasteiger partial charge < -0.3 is 14.6 Å². The molecule has 1 N–H and O–H groups in total. The maximum atomic E-state index is 5.37. The van der Waals surface area contributed by atoms with E-state index in [0.717, 1.165) is 31.1 Å². The first kappa shape index (κ1) is 14.6. The molecule has 4 heteroatoms. The van der Waals surface area contributed by atoms with Gasteiger partial charge in [-0.15, -0.1) is 0 Å². The van der Waals surface area contributed by atoms with Gasteiger partial charge in [0.25, 0.3) is 0 Å². The van der Waals surface area contributed by atoms with Crippen LogP contribution in [0.2, 0.25) is 0 Å². The quantitative estimate of drug-likeness (QED) is 0.839. The van der Waals surface area contributed by atoms with Crippen LogP contribution in [0.5, 0.6) is 0 Å². The van der Waals surface area contributed by atoms with Crippen molar-refractivity contribution in [3.05, 3.63) is 48.0 Å². The number of hydrogen-bond donors (Lipinski definition) is 1. The van der Waals surface area contributed by atoms with Gasteiger partial charge in [-0.05, 0) is 49.7 Å². The predicted molar refractivity (Wildman–Crippen MR) is 81.8 cm³/mol. The van der Waals surface area contributed by atoms with Crippen molar-refractivity contribution in [1.82, 2.24) is 10.3 Å². The maximum absolute atomic E-state index is 5.37. The second-order valence-electron chi connectivity index (χ2n) is 5.06. The molecule has 0 saturated heterocycles. The van der Waals surface area contributed by atoms with Crippen molar-refractivity contribution in [2.24, 2.45) is 0 Å². The third-order valence-corrected chi connectivity index (χ3v) is 3.33. The molecule has 1 unspecified atom stereocenters. The van der Waals surface area contributed by atoms with Crippen LogP contribution in [0.4, 0.5) is 5.82 Å². The van der Waals surface area contributed by atoms with E-state index in [1.54, 1.807) is 6.26 Å². The Kier molecular flexibility index (Phi) is 5.18. The molecule has 108 valence electrons. The molecule has 0 spiro atoms. The van der Waals surface area contributed by atoms with Gasteiger partial charge in [0.2, 0.25) is 0 Å². The van der Waals surface area contributed by atoms with E-state index in [4.69, 9.17) is 4.42 Å². The molecular weight excluding hydrogens is 250 g/mol. The first-order valence-electron chi connectivity index (χ1n) is 7.13. The maximum Gasteiger partial charge on any atom is 0.128 e. The van der Waals surface area contributed by atoms with Crippen molar-refractivity contribution >= 4 is 5.82 Å². The van der Waals surface area contributed by atoms with Crippen molar-refractivity contribution in [2.45, 2.75) is 32.9 Å². The number of aromatic nitrogens is 1. The van der Waals surface area contributed by atoms with Gasteiger partial charge in [-0.2, -0.15) is 0 Å². The van der Waals surface area contributed by atoms with Crippen LogP contribution < -0.4 is 10.2 Å². The summed E-state index contributed by atoms with van der Waals surface area (Å²) >= 11 is 0. The number of hydrogen-bond acceptors (Lipinski definition) is 4. The average Bonchev–Trinajstić information content (AvgIpc) is 2.97. The normalized spacial score (nSPS) is 12.3. The second-order valence-corrected chi connectivity index (χ2v) is 5.06. The Morgan fingerprint density at radius 2 is 2.25 bits per heavy atom. The zero-order valence-corrected chi connectivity index (χ0v) is 12.5. The minimum Gasteiger partial charge on any atom is -0.467 e. The summed E-state index contributed by atoms with van der Waals surface area (Å²) in [6.45, 7) is 6.11. The number of nitrogens with zero attached hydrogens (tertiary/aromatic N) is 2. The molecule has 0 aromatic carbocycles. The van der Waals surface area contributed by atoms with Crippen LogP contribution in [0.25, 0.3) is 0 Å². The van der Waals surface area contributed by atoms with E-state index in [1.807, 2.05) is 25.4 Å². The van der Waals surface area contributed by atoms with E-state index in [0.29, 0.717) is 6.04 Å². The molecule has 0 fully saturated rings. The zero-order chi connectivity index (χ0) is 14.4. The Labute approximate surface area is 120 Å². The minimum atomic E-state index is 0.341. The Balaban J connectivity index is 2.04. The first-order chi connectivity index (χ1) is 9.70. The average molecular weight is 273 g/mol. The Bertz CT molecular complexity index is 510. The molecule has 0 amide bonds. The van der Waals surface area contributed by atoms with Gasteiger partial charge in [-0.25, -0.2) is 4.98 Å². The largest absolute Gasteiger partial charge is 0.467 e. The standard InChI is InChI=1S/C16H23N3O/c1-4-8-17-13(2)14-7-9-18-16(11-14)19(3)12-15-6-5-10-20-15/h5-7,9-11,13,17H,4,8,12H2,1-3H3. The molecule has 2 rings (SSSR count). The van der Waals surface area contributed by atoms with E-state index in [-0.39, 0.29) is 0 Å². The fraction of sp³-hybridized carbons (Fsp3) is 0.438. The molecule has 2 aromatic heterocycles. The molecule has 0 saturated carbocycles. The molecule has 0 aliphatic rings. The van der Waals surface area contributed by atoms with Crippen molar-refractivity contribution in [2.75, 3.05) is 18.5 Å². The fourth-order valence-electron chi connectivity index (χ4n) is 2.11. The lowest BCUT2D eigenvalue weighted by Crippen LogP contribution is -2.21. The molecule has 4 nitrogen and oxygen atoms in total. The Hall–Kier alpha value is -1.81. The smallest absolute Gasteiger partial charge is 0.128 e. The van der Waals surface area contributed by atoms with Crippen LogP contribution in [-0.2, 0) is 6.54 Å². The van der Waals surface area contributed by atoms with E-state index in [9.17, 15) is 0 Å². The van der Waals surface area contributed by atoms with Crippen molar-refractivity contribution in [1.29, 1.82) is 0 Å². The molecular formula is C16H23N3O. The van der Waals surface area contributed by atoms with Crippen LogP contribution in [-0.4, -0.2) is 18.6 Å². The predicted octanol–water partition coefficient (Wildman–Crippen LogP) is 3.37. The lowest BCUT2D eigenvalue weighted by atomic mass is 10.1. The zero-order valence-electron chi connectivity index (χ0n) is 12.5. The van der Waals surface area contributed by atoms with Crippen LogP contribution in [0.3, 0.4) is 0 Å². The van der Waals surface area contributed by atoms with Crippen molar-refractivity contribution in [3.63, 3.8) is 0 Å². The molecule has 20 heavy (non-hydrogen) atoms. The molecule has 0 bridgehead atoms. The summed E-state index contributed by atoms with van der Waals surface area (Å²) in [4.78, 5) is 6.53. The van der Waals surface area contributed by atoms with Gasteiger partial charge in [-0.1, -0.05) is 6.92 Å². The summed E-state index contributed by atoms with van der Waals surface area (Å²) in [5.41, 5.74) is 1.26. The van der Waals surface area contributed by atoms with E-state index >= 15 is 0 Å². The van der Waals surface area contributed by atoms with Gasteiger partial charge in [-0.3, -0.25) is 0 Å². The SMILES string of the molecule is CCCNC(C)c1ccnc(N(C)Cc2ccco2)c1. The second kappa shape index (κ2) is 7.10. The Morgan fingerprint density at radius 1 is 1.40 bits per heavy atom. The lowest BCUT2D eigenvalue weighted by Gasteiger charge is -2.19. The highest BCUT2D eigenvalue weighted by Crippen LogP contribution is 2.19. The monoisotopic (exact) mass is 273 g/mol. The third kappa shape index (κ3) is 3.84. The van der Waals surface area contributed by atoms with Gasteiger partial charge in [0.15, 0.2) is 0 Å². The van der Waals surface area contributed by atoms with Gasteiger partial charge >= 0.3 is 0 Å². The molecule has 0 aliphatic heterocycles. The molecule has 0 radical (unpaired) electrons. The van der Waals surface area contributed by atoms with Gasteiger partial charge in [0, 0.05) is 19.3 Å². The topological polar surface area (TPSA) is 41.3 Å². The number of anilines is 1. The van der Waals surface area contributed by atoms with E-state index in [2.05, 4.69) is 41.2 Å². The lowest BCUT2D eigenvalue weighted by molar-refractivity contribution is 0.506. The number of furan rings is 1. The van der Waals surface area contributed by atoms with Gasteiger partial charge in [0.05, 0.1) is 12.8 Å². The highest BCUT2D eigenvalue weighted by atomic mass is 16.3. The molecule has 1 atom stereocenters. The summed E-state index contributed by atoms with van der Waals surface area (Å²) in [6.07, 6.45) is 4.71. The van der Waals surface area contributed by atoms with Crippen LogP contribution >= 0.6 is 0 Å². The summed E-state index contributed by atoms with van der Waals surface area (Å²) in [7, 11) is 2.03. The van der Waals surface area contributed by atoms with Crippen LogP contribution in [0.1, 0.15) is 37.6 Å². The third-order valence-electron chi connectivity index (χ3n) is 3.33. The summed E-state index contributed by atoms with van der Waals surface area (Å²) in [5.74, 6) is 1.90. The van der Waals surface area contributed by atoms with Gasteiger partial charge in [0.1, 0.15) is 11.6 Å². The van der Waals surface area contributed by atoms with Crippen molar-refractivity contribution in [3.8, 4) is 0 Å². The number of pyridine rings is 1. The Morgan fingerprint density at radius 3 is 2.95 bits per heavy atom. The summed E-state index contributed by atoms with van der Waals surface area (Å²) < 4.78 is 5.37. The van der Waals surface area contributed by atoms with Crippen molar-refractivity contribution < 1.29 is 4.42 Å². The summed E-state index contributed by atoms with van der Waals surface area (Å²) in [6, 6.07) is 8.43. The molecule has 2 heterocycles. The summed E-state index contributed by atoms with van der Waals surface area (Å²) in [5, 5.41) is 3.50. The highest BCUT2D eigenvalue weighted by Gasteiger charge is 2.09. The number of nitrogens with one attached hydrogen (secondary N) is 1. The molecule has 2 aromatic rings. The van der Waals surface area contributed by atoms with Crippen LogP contribution in [0, 0.1) is 0 Å². The first-order valence-corrected chi connectivity index (χ1v) is 7.13. The number of rotatable bonds is 7.